The molecule has 7 nitrogen and oxygen atoms in total. The second-order valence-corrected chi connectivity index (χ2v) is 8.43. The Kier molecular flexibility index (Phi) is 4.86. The van der Waals surface area contributed by atoms with Crippen molar-refractivity contribution in [2.45, 2.75) is 32.6 Å². The third-order valence-corrected chi connectivity index (χ3v) is 6.59. The molecule has 0 saturated carbocycles. The number of hydrogen-bond donors (Lipinski definition) is 1. The largest absolute Gasteiger partial charge is 0.462 e. The van der Waals surface area contributed by atoms with E-state index < -0.39 is 11.9 Å². The van der Waals surface area contributed by atoms with Crippen LogP contribution in [0.4, 0.5) is 5.00 Å². The molecule has 31 heavy (non-hydrogen) atoms. The number of anilines is 1. The van der Waals surface area contributed by atoms with Gasteiger partial charge in [0.2, 0.25) is 5.43 Å². The van der Waals surface area contributed by atoms with Crippen molar-refractivity contribution in [2.75, 3.05) is 11.9 Å². The molecule has 0 unspecified atom stereocenters. The van der Waals surface area contributed by atoms with Gasteiger partial charge in [0, 0.05) is 10.9 Å². The summed E-state index contributed by atoms with van der Waals surface area (Å²) in [5.74, 6) is -1.07. The highest BCUT2D eigenvalue weighted by molar-refractivity contribution is 7.17. The average molecular weight is 437 g/mol. The third-order valence-electron chi connectivity index (χ3n) is 5.38. The fraction of sp³-hybridized carbons (Fsp3) is 0.261. The van der Waals surface area contributed by atoms with Crippen molar-refractivity contribution >= 4 is 50.3 Å². The molecule has 8 heteroatoms. The summed E-state index contributed by atoms with van der Waals surface area (Å²) >= 11 is 1.39. The van der Waals surface area contributed by atoms with E-state index in [1.165, 1.54) is 17.4 Å². The first-order valence-electron chi connectivity index (χ1n) is 10.1. The van der Waals surface area contributed by atoms with Crippen LogP contribution in [0.15, 0.2) is 44.0 Å². The third kappa shape index (κ3) is 3.33. The maximum Gasteiger partial charge on any atom is 0.341 e. The van der Waals surface area contributed by atoms with Gasteiger partial charge in [-0.05, 0) is 50.3 Å². The Morgan fingerprint density at radius 2 is 1.94 bits per heavy atom. The molecule has 1 N–H and O–H groups in total. The van der Waals surface area contributed by atoms with Gasteiger partial charge in [0.15, 0.2) is 5.76 Å². The van der Waals surface area contributed by atoms with E-state index in [-0.39, 0.29) is 29.0 Å². The fourth-order valence-corrected chi connectivity index (χ4v) is 5.22. The van der Waals surface area contributed by atoms with Crippen molar-refractivity contribution in [1.82, 2.24) is 0 Å². The van der Waals surface area contributed by atoms with Crippen molar-refractivity contribution in [3.63, 3.8) is 0 Å². The lowest BCUT2D eigenvalue weighted by atomic mass is 9.95. The molecule has 0 radical (unpaired) electrons. The molecule has 5 rings (SSSR count). The second-order valence-electron chi connectivity index (χ2n) is 7.33. The Morgan fingerprint density at radius 1 is 1.13 bits per heavy atom. The number of furan rings is 1. The van der Waals surface area contributed by atoms with Gasteiger partial charge < -0.3 is 18.9 Å². The summed E-state index contributed by atoms with van der Waals surface area (Å²) in [7, 11) is 0. The molecule has 4 aromatic rings. The van der Waals surface area contributed by atoms with Crippen LogP contribution in [0.1, 0.15) is 51.1 Å². The molecule has 1 amide bonds. The van der Waals surface area contributed by atoms with Crippen LogP contribution in [0.2, 0.25) is 0 Å². The fourth-order valence-electron chi connectivity index (χ4n) is 3.95. The first-order chi connectivity index (χ1) is 15.1. The van der Waals surface area contributed by atoms with Gasteiger partial charge in [-0.15, -0.1) is 11.3 Å². The summed E-state index contributed by atoms with van der Waals surface area (Å²) in [5, 5.41) is 3.84. The molecular weight excluding hydrogens is 418 g/mol. The minimum atomic E-state index is -0.556. The van der Waals surface area contributed by atoms with Crippen LogP contribution in [-0.2, 0) is 17.6 Å². The summed E-state index contributed by atoms with van der Waals surface area (Å²) < 4.78 is 16.4. The highest BCUT2D eigenvalue weighted by Crippen LogP contribution is 2.39. The predicted octanol–water partition coefficient (Wildman–Crippen LogP) is 4.91. The highest BCUT2D eigenvalue weighted by atomic mass is 32.1. The van der Waals surface area contributed by atoms with Crippen molar-refractivity contribution in [1.29, 1.82) is 0 Å². The van der Waals surface area contributed by atoms with Crippen molar-refractivity contribution in [3.05, 3.63) is 62.3 Å². The number of aryl methyl sites for hydroxylation is 1. The summed E-state index contributed by atoms with van der Waals surface area (Å²) in [5.41, 5.74) is 1.50. The number of carbonyl (C=O) groups is 2. The molecule has 0 saturated heterocycles. The van der Waals surface area contributed by atoms with Crippen LogP contribution in [-0.4, -0.2) is 18.5 Å². The van der Waals surface area contributed by atoms with E-state index in [0.717, 1.165) is 36.1 Å². The van der Waals surface area contributed by atoms with Crippen LogP contribution >= 0.6 is 11.3 Å². The molecule has 0 spiro atoms. The number of benzene rings is 1. The number of ether oxygens (including phenoxy) is 1. The average Bonchev–Trinajstić information content (AvgIpc) is 3.35. The molecule has 1 aliphatic carbocycles. The van der Waals surface area contributed by atoms with Gasteiger partial charge in [0.1, 0.15) is 16.0 Å². The van der Waals surface area contributed by atoms with E-state index in [0.29, 0.717) is 21.5 Å². The van der Waals surface area contributed by atoms with Crippen LogP contribution < -0.4 is 10.7 Å². The lowest BCUT2D eigenvalue weighted by Crippen LogP contribution is -2.15. The van der Waals surface area contributed by atoms with E-state index in [4.69, 9.17) is 13.6 Å². The number of rotatable bonds is 4. The molecule has 158 valence electrons. The number of amides is 1. The molecule has 1 aliphatic rings. The first-order valence-corrected chi connectivity index (χ1v) is 11.0. The summed E-state index contributed by atoms with van der Waals surface area (Å²) in [6.45, 7) is 2.00. The smallest absolute Gasteiger partial charge is 0.341 e. The number of carbonyl (C=O) groups excluding carboxylic acids is 2. The predicted molar refractivity (Wildman–Crippen MR) is 117 cm³/mol. The van der Waals surface area contributed by atoms with Gasteiger partial charge in [-0.3, -0.25) is 9.59 Å². The first kappa shape index (κ1) is 19.6. The van der Waals surface area contributed by atoms with Crippen LogP contribution in [0.5, 0.6) is 0 Å². The van der Waals surface area contributed by atoms with Crippen LogP contribution in [0, 0.1) is 0 Å². The molecule has 3 heterocycles. The number of esters is 1. The zero-order valence-electron chi connectivity index (χ0n) is 16.8. The number of hydrogen-bond acceptors (Lipinski definition) is 7. The molecule has 0 fully saturated rings. The summed E-state index contributed by atoms with van der Waals surface area (Å²) in [4.78, 5) is 39.3. The van der Waals surface area contributed by atoms with Gasteiger partial charge in [0.25, 0.3) is 5.91 Å². The van der Waals surface area contributed by atoms with Crippen LogP contribution in [0.25, 0.3) is 22.1 Å². The zero-order chi connectivity index (χ0) is 21.5. The molecule has 3 aromatic heterocycles. The lowest BCUT2D eigenvalue weighted by Gasteiger charge is -2.12. The second kappa shape index (κ2) is 7.70. The van der Waals surface area contributed by atoms with E-state index in [2.05, 4.69) is 5.32 Å². The minimum absolute atomic E-state index is 0.00931. The van der Waals surface area contributed by atoms with Crippen molar-refractivity contribution in [2.24, 2.45) is 0 Å². The Balaban J connectivity index is 1.53. The maximum absolute atomic E-state index is 12.9. The molecule has 0 bridgehead atoms. The normalized spacial score (nSPS) is 13.3. The summed E-state index contributed by atoms with van der Waals surface area (Å²) in [6.07, 6.45) is 3.70. The van der Waals surface area contributed by atoms with Gasteiger partial charge in [0.05, 0.1) is 17.6 Å². The number of fused-ring (bicyclic) bond motifs is 3. The van der Waals surface area contributed by atoms with Crippen molar-refractivity contribution in [3.8, 4) is 0 Å². The van der Waals surface area contributed by atoms with Gasteiger partial charge in [-0.2, -0.15) is 0 Å². The molecule has 0 atom stereocenters. The van der Waals surface area contributed by atoms with E-state index >= 15 is 0 Å². The lowest BCUT2D eigenvalue weighted by molar-refractivity contribution is 0.0526. The monoisotopic (exact) mass is 437 g/mol. The van der Waals surface area contributed by atoms with Crippen molar-refractivity contribution < 1.29 is 23.2 Å². The Bertz CT molecular complexity index is 1390. The maximum atomic E-state index is 12.9. The Morgan fingerprint density at radius 3 is 2.77 bits per heavy atom. The molecule has 0 aliphatic heterocycles. The summed E-state index contributed by atoms with van der Waals surface area (Å²) in [6, 6.07) is 8.20. The number of nitrogens with one attached hydrogen (secondary N) is 1. The minimum Gasteiger partial charge on any atom is -0.462 e. The highest BCUT2D eigenvalue weighted by Gasteiger charge is 2.28. The van der Waals surface area contributed by atoms with E-state index in [1.54, 1.807) is 31.2 Å². The van der Waals surface area contributed by atoms with Gasteiger partial charge in [-0.25, -0.2) is 4.79 Å². The van der Waals surface area contributed by atoms with Gasteiger partial charge >= 0.3 is 11.7 Å². The zero-order valence-corrected chi connectivity index (χ0v) is 17.6. The molecule has 1 aromatic carbocycles. The number of para-hydroxylation sites is 1. The SMILES string of the molecule is CCOC(=O)c1c(NC(=O)c2cc3c(=O)c4ccccc4oc3o2)sc2c1CCCC2. The van der Waals surface area contributed by atoms with E-state index in [9.17, 15) is 14.4 Å². The van der Waals surface area contributed by atoms with Crippen LogP contribution in [0.3, 0.4) is 0 Å². The standard InChI is InChI=1S/C23H19NO6S/c1-2-28-22(27)18-13-8-4-6-10-17(13)31-21(18)24-20(26)16-11-14-19(25)12-7-3-5-9-15(12)29-23(14)30-16/h3,5,7,9,11H,2,4,6,8,10H2,1H3,(H,24,26). The van der Waals surface area contributed by atoms with Gasteiger partial charge in [-0.1, -0.05) is 12.1 Å². The quantitative estimate of drug-likeness (QED) is 0.456. The Labute approximate surface area is 180 Å². The van der Waals surface area contributed by atoms with E-state index in [1.807, 2.05) is 0 Å². The molecular formula is C23H19NO6S. The number of thiophene rings is 1. The topological polar surface area (TPSA) is 98.8 Å². The Hall–Kier alpha value is -3.39.